The van der Waals surface area contributed by atoms with Crippen LogP contribution in [0, 0.1) is 90.5 Å². The number of aryl methyl sites for hydroxylation is 1. The van der Waals surface area contributed by atoms with Crippen molar-refractivity contribution in [1.29, 1.82) is 0 Å². The summed E-state index contributed by atoms with van der Waals surface area (Å²) in [5.41, 5.74) is 3.52. The second-order valence-corrected chi connectivity index (χ2v) is 16.2. The first-order valence-electron chi connectivity index (χ1n) is 23.2. The molecule has 3 N–H and O–H groups in total. The van der Waals surface area contributed by atoms with E-state index in [4.69, 9.17) is 15.3 Å². The smallest absolute Gasteiger partial charge is 0.155 e. The van der Waals surface area contributed by atoms with E-state index < -0.39 is 52.1 Å². The minimum absolute atomic E-state index is 0. The monoisotopic (exact) mass is 1880 g/mol. The summed E-state index contributed by atoms with van der Waals surface area (Å²) >= 11 is 0. The molecule has 0 spiro atoms. The second kappa shape index (κ2) is 42.8. The van der Waals surface area contributed by atoms with Gasteiger partial charge in [-0.05, 0) is 95.5 Å². The van der Waals surface area contributed by atoms with Crippen LogP contribution in [0.25, 0.3) is 45.0 Å². The van der Waals surface area contributed by atoms with Crippen LogP contribution in [0.5, 0.6) is 0 Å². The van der Waals surface area contributed by atoms with Gasteiger partial charge in [-0.15, -0.1) is 54.1 Å². The molecule has 0 saturated heterocycles. The number of allylic oxidation sites excluding steroid dienone is 6. The van der Waals surface area contributed by atoms with Crippen LogP contribution in [0.4, 0.5) is 39.5 Å². The van der Waals surface area contributed by atoms with Gasteiger partial charge >= 0.3 is 0 Å². The number of rotatable bonds is 7. The largest absolute Gasteiger partial charge is 0.512 e. The normalized spacial score (nSPS) is 10.1. The summed E-state index contributed by atoms with van der Waals surface area (Å²) in [4.78, 5) is 45.9. The number of ketones is 3. The van der Waals surface area contributed by atoms with Gasteiger partial charge in [0.2, 0.25) is 0 Å². The van der Waals surface area contributed by atoms with Gasteiger partial charge in [0.25, 0.3) is 0 Å². The molecule has 4 radical (unpaired) electrons. The van der Waals surface area contributed by atoms with Crippen LogP contribution in [0.1, 0.15) is 52.7 Å². The number of carbonyl (C=O) groups is 3. The Hall–Kier alpha value is -6.92. The van der Waals surface area contributed by atoms with E-state index in [0.29, 0.717) is 11.4 Å². The van der Waals surface area contributed by atoms with Crippen LogP contribution in [0.3, 0.4) is 0 Å². The van der Waals surface area contributed by atoms with Gasteiger partial charge in [-0.25, -0.2) is 8.78 Å². The SMILES string of the molecule is CC(=O)C=C(C)O.CC(=O)C=C(C)O.CC(=O)C=C(C)O.Cc1c(F)c[c-]c(-c2ccccn2)c1F.Cc1ccnc(-c2[c-]cc(F)cc2)c1.Fc1[c-]c(-c2ccccn2)c(F)c(F)c1F.Fc1c[c-]c(-c2ccccn2)c(F)c1.[Ir].[Ir].[Ir].[Ir]. The first-order valence-corrected chi connectivity index (χ1v) is 23.2. The number of hydrogen-bond acceptors (Lipinski definition) is 10. The molecule has 23 heteroatoms. The molecular weight excluding hydrogens is 1820 g/mol. The van der Waals surface area contributed by atoms with E-state index in [1.54, 1.807) is 73.2 Å². The van der Waals surface area contributed by atoms with Crippen LogP contribution in [0.2, 0.25) is 0 Å². The van der Waals surface area contributed by atoms with E-state index in [-0.39, 0.29) is 143 Å². The van der Waals surface area contributed by atoms with E-state index in [2.05, 4.69) is 38.1 Å². The van der Waals surface area contributed by atoms with Crippen molar-refractivity contribution in [2.75, 3.05) is 0 Å². The van der Waals surface area contributed by atoms with Crippen molar-refractivity contribution >= 4 is 17.3 Å². The van der Waals surface area contributed by atoms with Crippen molar-refractivity contribution in [2.45, 2.75) is 55.4 Å². The van der Waals surface area contributed by atoms with Crippen LogP contribution in [-0.2, 0) is 94.8 Å². The summed E-state index contributed by atoms with van der Waals surface area (Å²) in [6.07, 6.45) is 9.66. The van der Waals surface area contributed by atoms with Crippen molar-refractivity contribution in [1.82, 2.24) is 19.9 Å². The van der Waals surface area contributed by atoms with Crippen molar-refractivity contribution < 1.29 is 150 Å². The number of benzene rings is 4. The zero-order valence-electron chi connectivity index (χ0n) is 45.4. The summed E-state index contributed by atoms with van der Waals surface area (Å²) in [7, 11) is 0. The van der Waals surface area contributed by atoms with E-state index in [0.717, 1.165) is 35.0 Å². The molecule has 0 aliphatic rings. The fraction of sp³-hybridized carbons (Fsp3) is 0.131. The van der Waals surface area contributed by atoms with Crippen LogP contribution in [-0.4, -0.2) is 52.6 Å². The van der Waals surface area contributed by atoms with E-state index in [1.807, 2.05) is 19.1 Å². The van der Waals surface area contributed by atoms with Crippen molar-refractivity contribution in [3.05, 3.63) is 251 Å². The summed E-state index contributed by atoms with van der Waals surface area (Å²) < 4.78 is 117. The van der Waals surface area contributed by atoms with Gasteiger partial charge in [-0.1, -0.05) is 89.3 Å². The second-order valence-electron chi connectivity index (χ2n) is 16.2. The summed E-state index contributed by atoms with van der Waals surface area (Å²) in [5.74, 6) is -9.76. The van der Waals surface area contributed by atoms with Crippen molar-refractivity contribution in [2.24, 2.45) is 0 Å². The number of hydrogen-bond donors (Lipinski definition) is 3. The molecule has 0 atom stereocenters. The first-order chi connectivity index (χ1) is 37.7. The van der Waals surface area contributed by atoms with Gasteiger partial charge in [-0.2, -0.15) is 0 Å². The summed E-state index contributed by atoms with van der Waals surface area (Å²) in [6.45, 7) is 11.9. The molecule has 0 aliphatic carbocycles. The molecule has 10 nitrogen and oxygen atoms in total. The summed E-state index contributed by atoms with van der Waals surface area (Å²) in [6, 6.07) is 35.6. The standard InChI is InChI=1S/C12H8F2N.C12H9FN.C11H4F4N.C11H6F2N.3C5H8O2.4Ir/c1-8-10(13)6-5-9(12(8)14)11-4-2-3-7-15-11;1-9-6-7-14-12(8-9)10-2-4-11(13)5-3-10;12-7-5-6(8-3-1-2-4-16-8)9(13)11(15)10(7)14;12-8-4-5-9(10(13)7-8)11-3-1-2-6-14-11;3*1-4(6)3-5(2)7;;;;/h2-4,6-7H,1H3;2,4-8H,1H3;1-4H;1-4,6-7H;3*3,6H,1-2H3;;;;/q4*-1;;;;;;;. The van der Waals surface area contributed by atoms with Gasteiger partial charge in [0.05, 0.1) is 28.9 Å². The molecule has 0 saturated carbocycles. The molecule has 8 aromatic rings. The van der Waals surface area contributed by atoms with E-state index >= 15 is 0 Å². The summed E-state index contributed by atoms with van der Waals surface area (Å²) in [5, 5.41) is 25.1. The molecule has 4 aromatic heterocycles. The number of halogens is 9. The van der Waals surface area contributed by atoms with Gasteiger partial charge in [0.15, 0.2) is 17.3 Å². The molecule has 454 valence electrons. The number of carbonyl (C=O) groups excluding carboxylic acids is 3. The Morgan fingerprint density at radius 3 is 1.24 bits per heavy atom. The predicted octanol–water partition coefficient (Wildman–Crippen LogP) is 15.2. The van der Waals surface area contributed by atoms with Crippen LogP contribution < -0.4 is 0 Å². The fourth-order valence-electron chi connectivity index (χ4n) is 5.79. The molecular formula is C61H51F9Ir4N4O6-4. The fourth-order valence-corrected chi connectivity index (χ4v) is 5.79. The molecule has 84 heavy (non-hydrogen) atoms. The topological polar surface area (TPSA) is 163 Å². The zero-order valence-corrected chi connectivity index (χ0v) is 55.0. The Morgan fingerprint density at radius 1 is 0.429 bits per heavy atom. The molecule has 8 rings (SSSR count). The molecule has 0 amide bonds. The maximum Gasteiger partial charge on any atom is 0.155 e. The average Bonchev–Trinajstić information content (AvgIpc) is 3.51. The third-order valence-corrected chi connectivity index (χ3v) is 9.11. The van der Waals surface area contributed by atoms with Gasteiger partial charge < -0.3 is 35.3 Å². The third kappa shape index (κ3) is 31.1. The molecule has 4 aromatic carbocycles. The van der Waals surface area contributed by atoms with Gasteiger partial charge in [0, 0.05) is 153 Å². The Kier molecular flexibility index (Phi) is 41.4. The first kappa shape index (κ1) is 81.3. The number of aliphatic hydroxyl groups is 3. The Labute approximate surface area is 534 Å². The maximum absolute atomic E-state index is 13.6. The Morgan fingerprint density at radius 2 is 0.857 bits per heavy atom. The minimum atomic E-state index is -1.88. The van der Waals surface area contributed by atoms with Crippen molar-refractivity contribution in [3.63, 3.8) is 0 Å². The number of nitrogens with zero attached hydrogens (tertiary/aromatic N) is 4. The maximum atomic E-state index is 13.6. The van der Waals surface area contributed by atoms with Gasteiger partial charge in [0.1, 0.15) is 11.6 Å². The average molecular weight is 1880 g/mol. The van der Waals surface area contributed by atoms with E-state index in [9.17, 15) is 53.9 Å². The van der Waals surface area contributed by atoms with Crippen molar-refractivity contribution in [3.8, 4) is 45.0 Å². The van der Waals surface area contributed by atoms with E-state index in [1.165, 1.54) is 97.2 Å². The third-order valence-electron chi connectivity index (χ3n) is 9.11. The number of aromatic nitrogens is 4. The van der Waals surface area contributed by atoms with Crippen LogP contribution >= 0.6 is 0 Å². The molecule has 0 bridgehead atoms. The number of aliphatic hydroxyl groups excluding tert-OH is 3. The molecule has 0 fully saturated rings. The quantitative estimate of drug-likeness (QED) is 0.0349. The molecule has 0 unspecified atom stereocenters. The minimum Gasteiger partial charge on any atom is -0.512 e. The number of pyridine rings is 4. The van der Waals surface area contributed by atoms with Gasteiger partial charge in [-0.3, -0.25) is 45.1 Å². The Bertz CT molecular complexity index is 3330. The Balaban J connectivity index is -0.000000927. The zero-order chi connectivity index (χ0) is 60.1. The molecule has 4 heterocycles. The van der Waals surface area contributed by atoms with Crippen LogP contribution in [0.15, 0.2) is 163 Å². The predicted molar refractivity (Wildman–Crippen MR) is 284 cm³/mol. The molecule has 0 aliphatic heterocycles.